The van der Waals surface area contributed by atoms with Crippen LogP contribution in [0.3, 0.4) is 0 Å². The maximum Gasteiger partial charge on any atom is 0.341 e. The van der Waals surface area contributed by atoms with Crippen LogP contribution in [0.1, 0.15) is 30.1 Å². The minimum atomic E-state index is -0.456. The SMILES string of the molecule is CCOC(=O)c1cnc(N2CCOCC2)nc1-c1ccc(NC(=O)C2CC2)cc1. The zero-order valence-corrected chi connectivity index (χ0v) is 16.4. The van der Waals surface area contributed by atoms with Gasteiger partial charge < -0.3 is 19.7 Å². The molecular formula is C21H24N4O4. The summed E-state index contributed by atoms with van der Waals surface area (Å²) >= 11 is 0. The molecule has 0 radical (unpaired) electrons. The number of carbonyl (C=O) groups excluding carboxylic acids is 2. The molecule has 0 bridgehead atoms. The first-order chi connectivity index (χ1) is 14.2. The summed E-state index contributed by atoms with van der Waals surface area (Å²) in [6, 6.07) is 7.33. The van der Waals surface area contributed by atoms with E-state index >= 15 is 0 Å². The van der Waals surface area contributed by atoms with E-state index in [-0.39, 0.29) is 18.4 Å². The van der Waals surface area contributed by atoms with Gasteiger partial charge in [-0.1, -0.05) is 12.1 Å². The minimum absolute atomic E-state index is 0.0570. The van der Waals surface area contributed by atoms with Crippen LogP contribution in [-0.4, -0.2) is 54.8 Å². The molecule has 1 aromatic heterocycles. The number of anilines is 2. The van der Waals surface area contributed by atoms with Crippen molar-refractivity contribution in [3.8, 4) is 11.3 Å². The van der Waals surface area contributed by atoms with E-state index < -0.39 is 5.97 Å². The van der Waals surface area contributed by atoms with Crippen molar-refractivity contribution in [1.29, 1.82) is 0 Å². The molecule has 29 heavy (non-hydrogen) atoms. The highest BCUT2D eigenvalue weighted by Crippen LogP contribution is 2.31. The fraction of sp³-hybridized carbons (Fsp3) is 0.429. The number of carbonyl (C=O) groups is 2. The van der Waals surface area contributed by atoms with E-state index in [0.717, 1.165) is 24.1 Å². The lowest BCUT2D eigenvalue weighted by Crippen LogP contribution is -2.37. The van der Waals surface area contributed by atoms with Gasteiger partial charge in [0.1, 0.15) is 5.56 Å². The first-order valence-electron chi connectivity index (χ1n) is 9.94. The third-order valence-corrected chi connectivity index (χ3v) is 4.94. The van der Waals surface area contributed by atoms with Crippen LogP contribution in [0.2, 0.25) is 0 Å². The van der Waals surface area contributed by atoms with Crippen molar-refractivity contribution in [2.75, 3.05) is 43.1 Å². The van der Waals surface area contributed by atoms with E-state index in [1.54, 1.807) is 6.92 Å². The maximum absolute atomic E-state index is 12.4. The molecule has 0 atom stereocenters. The molecule has 0 unspecified atom stereocenters. The summed E-state index contributed by atoms with van der Waals surface area (Å²) in [6.45, 7) is 4.67. The molecule has 2 fully saturated rings. The topological polar surface area (TPSA) is 93.7 Å². The summed E-state index contributed by atoms with van der Waals surface area (Å²) in [5.74, 6) is 0.300. The van der Waals surface area contributed by atoms with Gasteiger partial charge in [0.05, 0.1) is 25.5 Å². The molecule has 2 heterocycles. The Hall–Kier alpha value is -3.00. The molecule has 1 aromatic carbocycles. The third-order valence-electron chi connectivity index (χ3n) is 4.94. The third kappa shape index (κ3) is 4.54. The highest BCUT2D eigenvalue weighted by Gasteiger charge is 2.29. The lowest BCUT2D eigenvalue weighted by molar-refractivity contribution is -0.117. The van der Waals surface area contributed by atoms with Crippen LogP contribution >= 0.6 is 0 Å². The Kier molecular flexibility index (Phi) is 5.71. The number of nitrogens with one attached hydrogen (secondary N) is 1. The molecule has 1 aliphatic heterocycles. The van der Waals surface area contributed by atoms with Crippen molar-refractivity contribution in [1.82, 2.24) is 9.97 Å². The predicted molar refractivity (Wildman–Crippen MR) is 108 cm³/mol. The number of aromatic nitrogens is 2. The molecule has 4 rings (SSSR count). The second-order valence-electron chi connectivity index (χ2n) is 7.09. The summed E-state index contributed by atoms with van der Waals surface area (Å²) in [5, 5.41) is 2.92. The van der Waals surface area contributed by atoms with Crippen LogP contribution in [-0.2, 0) is 14.3 Å². The summed E-state index contributed by atoms with van der Waals surface area (Å²) < 4.78 is 10.6. The van der Waals surface area contributed by atoms with Gasteiger partial charge in [0, 0.05) is 36.5 Å². The summed E-state index contributed by atoms with van der Waals surface area (Å²) in [7, 11) is 0. The van der Waals surface area contributed by atoms with Crippen LogP contribution in [0.25, 0.3) is 11.3 Å². The molecule has 2 aromatic rings. The number of benzene rings is 1. The van der Waals surface area contributed by atoms with Crippen molar-refractivity contribution in [3.05, 3.63) is 36.0 Å². The van der Waals surface area contributed by atoms with E-state index in [0.29, 0.717) is 43.5 Å². The van der Waals surface area contributed by atoms with Crippen molar-refractivity contribution in [2.45, 2.75) is 19.8 Å². The average Bonchev–Trinajstić information content (AvgIpc) is 3.60. The Morgan fingerprint density at radius 2 is 1.93 bits per heavy atom. The Bertz CT molecular complexity index is 890. The lowest BCUT2D eigenvalue weighted by Gasteiger charge is -2.27. The van der Waals surface area contributed by atoms with Crippen molar-refractivity contribution in [3.63, 3.8) is 0 Å². The monoisotopic (exact) mass is 396 g/mol. The Balaban J connectivity index is 1.63. The fourth-order valence-corrected chi connectivity index (χ4v) is 3.17. The molecule has 152 valence electrons. The molecule has 1 amide bonds. The van der Waals surface area contributed by atoms with E-state index in [1.165, 1.54) is 6.20 Å². The number of hydrogen-bond acceptors (Lipinski definition) is 7. The molecule has 2 aliphatic rings. The van der Waals surface area contributed by atoms with Gasteiger partial charge in [-0.3, -0.25) is 4.79 Å². The zero-order valence-electron chi connectivity index (χ0n) is 16.4. The van der Waals surface area contributed by atoms with Gasteiger partial charge in [-0.15, -0.1) is 0 Å². The van der Waals surface area contributed by atoms with Crippen LogP contribution in [0, 0.1) is 5.92 Å². The number of morpholine rings is 1. The quantitative estimate of drug-likeness (QED) is 0.750. The molecule has 1 saturated carbocycles. The van der Waals surface area contributed by atoms with Gasteiger partial charge in [0.25, 0.3) is 0 Å². The number of hydrogen-bond donors (Lipinski definition) is 1. The maximum atomic E-state index is 12.4. The van der Waals surface area contributed by atoms with E-state index in [4.69, 9.17) is 9.47 Å². The molecule has 1 aliphatic carbocycles. The highest BCUT2D eigenvalue weighted by atomic mass is 16.5. The van der Waals surface area contributed by atoms with Crippen molar-refractivity contribution >= 4 is 23.5 Å². The van der Waals surface area contributed by atoms with E-state index in [9.17, 15) is 9.59 Å². The predicted octanol–water partition coefficient (Wildman–Crippen LogP) is 2.51. The van der Waals surface area contributed by atoms with Crippen LogP contribution < -0.4 is 10.2 Å². The number of rotatable bonds is 6. The zero-order chi connectivity index (χ0) is 20.2. The molecular weight excluding hydrogens is 372 g/mol. The molecule has 8 heteroatoms. The molecule has 1 N–H and O–H groups in total. The lowest BCUT2D eigenvalue weighted by atomic mass is 10.1. The summed E-state index contributed by atoms with van der Waals surface area (Å²) in [4.78, 5) is 35.5. The van der Waals surface area contributed by atoms with Crippen LogP contribution in [0.15, 0.2) is 30.5 Å². The second kappa shape index (κ2) is 8.57. The van der Waals surface area contributed by atoms with Gasteiger partial charge in [-0.2, -0.15) is 0 Å². The smallest absolute Gasteiger partial charge is 0.341 e. The molecule has 0 spiro atoms. The Morgan fingerprint density at radius 1 is 1.21 bits per heavy atom. The van der Waals surface area contributed by atoms with Gasteiger partial charge in [0.2, 0.25) is 11.9 Å². The first kappa shape index (κ1) is 19.3. The Labute approximate surface area is 169 Å². The standard InChI is InChI=1S/C21H24N4O4/c1-2-29-20(27)17-13-22-21(25-9-11-28-12-10-25)24-18(17)14-5-7-16(8-6-14)23-19(26)15-3-4-15/h5-8,13,15H,2-4,9-12H2,1H3,(H,23,26). The summed E-state index contributed by atoms with van der Waals surface area (Å²) in [6.07, 6.45) is 3.43. The minimum Gasteiger partial charge on any atom is -0.462 e. The largest absolute Gasteiger partial charge is 0.462 e. The van der Waals surface area contributed by atoms with E-state index in [1.807, 2.05) is 29.2 Å². The second-order valence-corrected chi connectivity index (χ2v) is 7.09. The number of ether oxygens (including phenoxy) is 2. The van der Waals surface area contributed by atoms with Gasteiger partial charge in [-0.05, 0) is 31.9 Å². The van der Waals surface area contributed by atoms with Crippen molar-refractivity contribution in [2.24, 2.45) is 5.92 Å². The highest BCUT2D eigenvalue weighted by molar-refractivity contribution is 5.97. The number of amides is 1. The first-order valence-corrected chi connectivity index (χ1v) is 9.94. The van der Waals surface area contributed by atoms with Crippen molar-refractivity contribution < 1.29 is 19.1 Å². The average molecular weight is 396 g/mol. The summed E-state index contributed by atoms with van der Waals surface area (Å²) in [5.41, 5.74) is 2.32. The molecule has 1 saturated heterocycles. The van der Waals surface area contributed by atoms with Gasteiger partial charge in [0.15, 0.2) is 0 Å². The van der Waals surface area contributed by atoms with Gasteiger partial charge >= 0.3 is 5.97 Å². The number of nitrogens with zero attached hydrogens (tertiary/aromatic N) is 3. The molecule has 8 nitrogen and oxygen atoms in total. The van der Waals surface area contributed by atoms with Gasteiger partial charge in [-0.25, -0.2) is 14.8 Å². The van der Waals surface area contributed by atoms with Crippen LogP contribution in [0.5, 0.6) is 0 Å². The van der Waals surface area contributed by atoms with Crippen LogP contribution in [0.4, 0.5) is 11.6 Å². The van der Waals surface area contributed by atoms with E-state index in [2.05, 4.69) is 15.3 Å². The fourth-order valence-electron chi connectivity index (χ4n) is 3.17. The number of esters is 1. The Morgan fingerprint density at radius 3 is 2.59 bits per heavy atom. The normalized spacial score (nSPS) is 16.4.